The first-order valence-electron chi connectivity index (χ1n) is 11.5. The van der Waals surface area contributed by atoms with Gasteiger partial charge in [-0.15, -0.1) is 0 Å². The highest BCUT2D eigenvalue weighted by Crippen LogP contribution is 2.50. The molecule has 5 nitrogen and oxygen atoms in total. The smallest absolute Gasteiger partial charge is 0.124 e. The number of likely N-dealkylation sites (tertiary alicyclic amines) is 1. The fourth-order valence-corrected chi connectivity index (χ4v) is 4.88. The number of rotatable bonds is 5. The van der Waals surface area contributed by atoms with Gasteiger partial charge in [-0.05, 0) is 43.1 Å². The largest absolute Gasteiger partial charge is 0.380 e. The molecule has 1 fully saturated rings. The van der Waals surface area contributed by atoms with Crippen molar-refractivity contribution in [3.8, 4) is 11.8 Å². The summed E-state index contributed by atoms with van der Waals surface area (Å²) in [6.07, 6.45) is 6.79. The molecule has 170 valence electrons. The van der Waals surface area contributed by atoms with Gasteiger partial charge in [0.2, 0.25) is 0 Å². The van der Waals surface area contributed by atoms with Crippen LogP contribution in [0.2, 0.25) is 0 Å². The Morgan fingerprint density at radius 2 is 1.76 bits per heavy atom. The Balaban J connectivity index is 1.72. The van der Waals surface area contributed by atoms with Crippen LogP contribution in [-0.2, 0) is 5.60 Å². The lowest BCUT2D eigenvalue weighted by Crippen LogP contribution is -2.63. The summed E-state index contributed by atoms with van der Waals surface area (Å²) in [6.45, 7) is 10.1. The van der Waals surface area contributed by atoms with Crippen LogP contribution in [0.3, 0.4) is 0 Å². The van der Waals surface area contributed by atoms with E-state index in [0.29, 0.717) is 5.92 Å². The van der Waals surface area contributed by atoms with E-state index in [1.807, 2.05) is 19.1 Å². The fraction of sp³-hybridized carbons (Fsp3) is 0.393. The average Bonchev–Trinajstić information content (AvgIpc) is 2.81. The van der Waals surface area contributed by atoms with Crippen molar-refractivity contribution in [3.63, 3.8) is 0 Å². The molecular weight excluding hydrogens is 408 g/mol. The van der Waals surface area contributed by atoms with Gasteiger partial charge in [0, 0.05) is 48.2 Å². The average molecular weight is 441 g/mol. The van der Waals surface area contributed by atoms with E-state index in [-0.39, 0.29) is 11.3 Å². The van der Waals surface area contributed by atoms with Crippen molar-refractivity contribution in [2.75, 3.05) is 20.1 Å². The molecule has 0 radical (unpaired) electrons. The van der Waals surface area contributed by atoms with Crippen molar-refractivity contribution in [1.29, 1.82) is 0 Å². The molecule has 3 heterocycles. The monoisotopic (exact) mass is 440 g/mol. The van der Waals surface area contributed by atoms with Crippen LogP contribution in [0.25, 0.3) is 0 Å². The first-order valence-corrected chi connectivity index (χ1v) is 11.5. The lowest BCUT2D eigenvalue weighted by Gasteiger charge is -2.55. The molecule has 1 aliphatic heterocycles. The fourth-order valence-electron chi connectivity index (χ4n) is 4.88. The van der Waals surface area contributed by atoms with Crippen LogP contribution in [0.15, 0.2) is 61.3 Å². The van der Waals surface area contributed by atoms with E-state index in [1.54, 1.807) is 18.6 Å². The van der Waals surface area contributed by atoms with Gasteiger partial charge in [0.15, 0.2) is 0 Å². The third-order valence-electron chi connectivity index (χ3n) is 6.74. The van der Waals surface area contributed by atoms with Gasteiger partial charge in [-0.1, -0.05) is 56.9 Å². The highest BCUT2D eigenvalue weighted by molar-refractivity contribution is 5.45. The molecule has 2 unspecified atom stereocenters. The summed E-state index contributed by atoms with van der Waals surface area (Å²) in [6, 6.07) is 12.2. The Morgan fingerprint density at radius 1 is 1.03 bits per heavy atom. The van der Waals surface area contributed by atoms with Crippen molar-refractivity contribution in [1.82, 2.24) is 19.9 Å². The van der Waals surface area contributed by atoms with Crippen molar-refractivity contribution in [3.05, 3.63) is 89.3 Å². The minimum atomic E-state index is -1.17. The van der Waals surface area contributed by atoms with E-state index in [2.05, 4.69) is 83.8 Å². The zero-order chi connectivity index (χ0) is 23.6. The van der Waals surface area contributed by atoms with Crippen LogP contribution in [0.4, 0.5) is 0 Å². The van der Waals surface area contributed by atoms with Crippen molar-refractivity contribution in [2.24, 2.45) is 5.41 Å². The van der Waals surface area contributed by atoms with Crippen LogP contribution in [0.5, 0.6) is 0 Å². The number of hydrogen-bond acceptors (Lipinski definition) is 5. The normalized spacial score (nSPS) is 18.0. The van der Waals surface area contributed by atoms with Crippen molar-refractivity contribution >= 4 is 0 Å². The van der Waals surface area contributed by atoms with Gasteiger partial charge >= 0.3 is 0 Å². The molecular formula is C28H32N4O. The number of aromatic nitrogens is 3. The molecule has 0 saturated carbocycles. The Morgan fingerprint density at radius 3 is 2.36 bits per heavy atom. The number of pyridine rings is 1. The number of benzene rings is 1. The second-order valence-corrected chi connectivity index (χ2v) is 9.81. The first-order chi connectivity index (χ1) is 15.7. The van der Waals surface area contributed by atoms with Gasteiger partial charge in [0.25, 0.3) is 0 Å². The van der Waals surface area contributed by atoms with Crippen molar-refractivity contribution < 1.29 is 5.11 Å². The molecule has 3 aromatic rings. The van der Waals surface area contributed by atoms with Gasteiger partial charge in [-0.3, -0.25) is 4.98 Å². The molecule has 0 spiro atoms. The predicted octanol–water partition coefficient (Wildman–Crippen LogP) is 4.34. The molecule has 4 rings (SSSR count). The number of hydrogen-bond donors (Lipinski definition) is 1. The Bertz CT molecular complexity index is 1160. The molecule has 33 heavy (non-hydrogen) atoms. The van der Waals surface area contributed by atoms with Gasteiger partial charge in [0.1, 0.15) is 11.9 Å². The lowest BCUT2D eigenvalue weighted by atomic mass is 9.62. The SMILES string of the molecule is CC(C)c1ccc(C(O)(c2cncc(C#CC(C)c3ccncn3)c2)C2(C)CN(C)C2)cc1. The standard InChI is InChI=1S/C28H32N4O/c1-20(2)23-8-10-24(11-9-23)28(33,27(4)17-32(5)18-27)25-14-22(15-30-16-25)7-6-21(3)26-12-13-29-19-31-26/h8-16,19-21,33H,17-18H2,1-5H3. The molecule has 2 atom stereocenters. The molecule has 5 heteroatoms. The third-order valence-corrected chi connectivity index (χ3v) is 6.74. The van der Waals surface area contributed by atoms with Gasteiger partial charge < -0.3 is 10.0 Å². The van der Waals surface area contributed by atoms with Crippen LogP contribution < -0.4 is 0 Å². The topological polar surface area (TPSA) is 62.1 Å². The molecule has 0 aliphatic carbocycles. The molecule has 2 aromatic heterocycles. The third kappa shape index (κ3) is 4.42. The van der Waals surface area contributed by atoms with Crippen LogP contribution >= 0.6 is 0 Å². The van der Waals surface area contributed by atoms with Gasteiger partial charge in [0.05, 0.1) is 11.6 Å². The van der Waals surface area contributed by atoms with E-state index in [0.717, 1.165) is 35.5 Å². The Kier molecular flexibility index (Phi) is 6.34. The van der Waals surface area contributed by atoms with E-state index >= 15 is 0 Å². The minimum Gasteiger partial charge on any atom is -0.380 e. The maximum Gasteiger partial charge on any atom is 0.124 e. The highest BCUT2D eigenvalue weighted by Gasteiger charge is 2.55. The Hall–Kier alpha value is -3.07. The summed E-state index contributed by atoms with van der Waals surface area (Å²) in [5.74, 6) is 6.90. The summed E-state index contributed by atoms with van der Waals surface area (Å²) < 4.78 is 0. The number of aliphatic hydroxyl groups is 1. The summed E-state index contributed by atoms with van der Waals surface area (Å²) in [4.78, 5) is 15.0. The quantitative estimate of drug-likeness (QED) is 0.598. The second kappa shape index (κ2) is 9.05. The maximum absolute atomic E-state index is 12.3. The Labute approximate surface area is 196 Å². The zero-order valence-corrected chi connectivity index (χ0v) is 20.1. The minimum absolute atomic E-state index is 0.0306. The molecule has 1 aromatic carbocycles. The molecule has 1 aliphatic rings. The van der Waals surface area contributed by atoms with Gasteiger partial charge in [-0.2, -0.15) is 0 Å². The molecule has 1 N–H and O–H groups in total. The lowest BCUT2D eigenvalue weighted by molar-refractivity contribution is -0.127. The molecule has 0 bridgehead atoms. The summed E-state index contributed by atoms with van der Waals surface area (Å²) in [5, 5.41) is 12.3. The molecule has 0 amide bonds. The van der Waals surface area contributed by atoms with E-state index in [1.165, 1.54) is 11.9 Å². The number of nitrogens with zero attached hydrogens (tertiary/aromatic N) is 4. The van der Waals surface area contributed by atoms with Crippen LogP contribution in [0.1, 0.15) is 67.5 Å². The highest BCUT2D eigenvalue weighted by atomic mass is 16.3. The van der Waals surface area contributed by atoms with Crippen LogP contribution in [-0.4, -0.2) is 45.1 Å². The second-order valence-electron chi connectivity index (χ2n) is 9.81. The first kappa shape index (κ1) is 23.1. The van der Waals surface area contributed by atoms with Gasteiger partial charge in [-0.25, -0.2) is 9.97 Å². The van der Waals surface area contributed by atoms with Crippen LogP contribution in [0, 0.1) is 17.3 Å². The van der Waals surface area contributed by atoms with E-state index in [9.17, 15) is 5.11 Å². The van der Waals surface area contributed by atoms with E-state index in [4.69, 9.17) is 0 Å². The maximum atomic E-state index is 12.3. The summed E-state index contributed by atoms with van der Waals surface area (Å²) in [7, 11) is 2.08. The van der Waals surface area contributed by atoms with E-state index < -0.39 is 5.60 Å². The summed E-state index contributed by atoms with van der Waals surface area (Å²) in [5.41, 5.74) is 3.09. The summed E-state index contributed by atoms with van der Waals surface area (Å²) >= 11 is 0. The molecule has 1 saturated heterocycles. The zero-order valence-electron chi connectivity index (χ0n) is 20.1. The van der Waals surface area contributed by atoms with Crippen molar-refractivity contribution in [2.45, 2.75) is 45.1 Å². The predicted molar refractivity (Wildman–Crippen MR) is 131 cm³/mol.